The highest BCUT2D eigenvalue weighted by Crippen LogP contribution is 2.23. The molecule has 1 aromatic heterocycles. The van der Waals surface area contributed by atoms with Crippen LogP contribution >= 0.6 is 11.5 Å². The van der Waals surface area contributed by atoms with Gasteiger partial charge in [0.05, 0.1) is 17.5 Å². The van der Waals surface area contributed by atoms with Crippen LogP contribution in [0.4, 0.5) is 10.1 Å². The number of anilines is 1. The number of halogens is 1. The van der Waals surface area contributed by atoms with E-state index < -0.39 is 0 Å². The van der Waals surface area contributed by atoms with Crippen LogP contribution in [0.5, 0.6) is 0 Å². The van der Waals surface area contributed by atoms with Gasteiger partial charge in [0.25, 0.3) is 0 Å². The van der Waals surface area contributed by atoms with Crippen molar-refractivity contribution >= 4 is 23.1 Å². The van der Waals surface area contributed by atoms with Gasteiger partial charge in [-0.1, -0.05) is 34.8 Å². The lowest BCUT2D eigenvalue weighted by atomic mass is 10.1. The van der Waals surface area contributed by atoms with E-state index in [1.807, 2.05) is 12.1 Å². The molecule has 0 fully saturated rings. The Hall–Kier alpha value is -2.60. The molecule has 1 heterocycles. The topological polar surface area (TPSA) is 54.9 Å². The van der Waals surface area contributed by atoms with Gasteiger partial charge < -0.3 is 5.32 Å². The quantitative estimate of drug-likeness (QED) is 0.801. The smallest absolute Gasteiger partial charge is 0.228 e. The molecule has 0 radical (unpaired) electrons. The van der Waals surface area contributed by atoms with Gasteiger partial charge in [0.1, 0.15) is 5.82 Å². The highest BCUT2D eigenvalue weighted by atomic mass is 32.1. The predicted molar refractivity (Wildman–Crippen MR) is 84.1 cm³/mol. The second-order valence-corrected chi connectivity index (χ2v) is 5.46. The summed E-state index contributed by atoms with van der Waals surface area (Å²) in [4.78, 5) is 12.9. The number of aromatic nitrogens is 2. The Balaban J connectivity index is 1.66. The summed E-state index contributed by atoms with van der Waals surface area (Å²) in [5, 5.41) is 6.54. The molecule has 0 spiro atoms. The Labute approximate surface area is 130 Å². The average molecular weight is 313 g/mol. The second kappa shape index (κ2) is 6.44. The molecule has 0 bridgehead atoms. The minimum atomic E-state index is -0.370. The normalized spacial score (nSPS) is 10.4. The van der Waals surface area contributed by atoms with Crippen molar-refractivity contribution < 1.29 is 9.18 Å². The van der Waals surface area contributed by atoms with Crippen molar-refractivity contribution in [3.8, 4) is 10.4 Å². The predicted octanol–water partition coefficient (Wildman–Crippen LogP) is 3.53. The van der Waals surface area contributed by atoms with Crippen LogP contribution < -0.4 is 5.32 Å². The van der Waals surface area contributed by atoms with Gasteiger partial charge in [-0.15, -0.1) is 5.10 Å². The third kappa shape index (κ3) is 3.35. The van der Waals surface area contributed by atoms with Gasteiger partial charge >= 0.3 is 0 Å². The summed E-state index contributed by atoms with van der Waals surface area (Å²) in [5.74, 6) is -0.622. The van der Waals surface area contributed by atoms with Crippen LogP contribution in [0.25, 0.3) is 10.4 Å². The molecule has 1 amide bonds. The zero-order chi connectivity index (χ0) is 15.4. The summed E-state index contributed by atoms with van der Waals surface area (Å²) in [7, 11) is 0. The Morgan fingerprint density at radius 3 is 2.59 bits per heavy atom. The van der Waals surface area contributed by atoms with Crippen LogP contribution in [-0.4, -0.2) is 15.5 Å². The van der Waals surface area contributed by atoms with E-state index in [4.69, 9.17) is 0 Å². The van der Waals surface area contributed by atoms with Crippen molar-refractivity contribution in [2.45, 2.75) is 6.42 Å². The zero-order valence-electron chi connectivity index (χ0n) is 11.5. The van der Waals surface area contributed by atoms with Gasteiger partial charge in [0.15, 0.2) is 0 Å². The summed E-state index contributed by atoms with van der Waals surface area (Å²) < 4.78 is 17.3. The lowest BCUT2D eigenvalue weighted by molar-refractivity contribution is -0.115. The van der Waals surface area contributed by atoms with Crippen molar-refractivity contribution in [3.05, 3.63) is 66.1 Å². The molecule has 22 heavy (non-hydrogen) atoms. The van der Waals surface area contributed by atoms with Crippen LogP contribution in [0.2, 0.25) is 0 Å². The molecule has 6 heteroatoms. The molecule has 3 rings (SSSR count). The molecular weight excluding hydrogens is 301 g/mol. The maximum atomic E-state index is 13.5. The fraction of sp³-hybridized carbons (Fsp3) is 0.0625. The van der Waals surface area contributed by atoms with Crippen LogP contribution in [0.3, 0.4) is 0 Å². The molecule has 3 aromatic rings. The first kappa shape index (κ1) is 14.3. The van der Waals surface area contributed by atoms with Crippen molar-refractivity contribution in [2.75, 3.05) is 5.32 Å². The molecular formula is C16H12FN3OS. The third-order valence-electron chi connectivity index (χ3n) is 3.12. The van der Waals surface area contributed by atoms with Crippen LogP contribution in [-0.2, 0) is 11.2 Å². The Morgan fingerprint density at radius 2 is 1.91 bits per heavy atom. The Bertz CT molecular complexity index is 772. The first-order valence-corrected chi connectivity index (χ1v) is 7.41. The fourth-order valence-corrected chi connectivity index (χ4v) is 2.55. The van der Waals surface area contributed by atoms with Crippen molar-refractivity contribution in [2.24, 2.45) is 0 Å². The van der Waals surface area contributed by atoms with E-state index in [1.165, 1.54) is 17.6 Å². The Kier molecular flexibility index (Phi) is 4.20. The number of benzene rings is 2. The molecule has 0 aliphatic carbocycles. The number of nitrogens with one attached hydrogen (secondary N) is 1. The molecule has 0 unspecified atom stereocenters. The summed E-state index contributed by atoms with van der Waals surface area (Å²) in [6, 6.07) is 13.6. The minimum Gasteiger partial charge on any atom is -0.326 e. The molecule has 0 aliphatic heterocycles. The Morgan fingerprint density at radius 1 is 1.14 bits per heavy atom. The van der Waals surface area contributed by atoms with E-state index in [1.54, 1.807) is 36.5 Å². The fourth-order valence-electron chi connectivity index (χ4n) is 2.03. The van der Waals surface area contributed by atoms with Gasteiger partial charge in [0.2, 0.25) is 5.91 Å². The van der Waals surface area contributed by atoms with Crippen LogP contribution in [0.15, 0.2) is 54.7 Å². The maximum Gasteiger partial charge on any atom is 0.228 e. The number of hydrogen-bond donors (Lipinski definition) is 1. The van der Waals surface area contributed by atoms with E-state index in [2.05, 4.69) is 14.9 Å². The molecule has 0 atom stereocenters. The number of nitrogens with zero attached hydrogens (tertiary/aromatic N) is 2. The minimum absolute atomic E-state index is 0.00713. The van der Waals surface area contributed by atoms with Crippen molar-refractivity contribution in [1.82, 2.24) is 9.59 Å². The number of hydrogen-bond acceptors (Lipinski definition) is 4. The van der Waals surface area contributed by atoms with E-state index in [9.17, 15) is 9.18 Å². The second-order valence-electron chi connectivity index (χ2n) is 4.68. The molecule has 0 saturated heterocycles. The van der Waals surface area contributed by atoms with Gasteiger partial charge in [-0.05, 0) is 40.9 Å². The zero-order valence-corrected chi connectivity index (χ0v) is 12.3. The molecule has 4 nitrogen and oxygen atoms in total. The number of carbonyl (C=O) groups excluding carboxylic acids is 1. The molecule has 2 aromatic carbocycles. The summed E-state index contributed by atoms with van der Waals surface area (Å²) in [6.07, 6.45) is 1.70. The number of amides is 1. The van der Waals surface area contributed by atoms with E-state index in [0.29, 0.717) is 11.3 Å². The van der Waals surface area contributed by atoms with E-state index >= 15 is 0 Å². The first-order valence-electron chi connectivity index (χ1n) is 6.63. The van der Waals surface area contributed by atoms with E-state index in [0.717, 1.165) is 10.4 Å². The van der Waals surface area contributed by atoms with Crippen LogP contribution in [0, 0.1) is 5.82 Å². The summed E-state index contributed by atoms with van der Waals surface area (Å²) in [5.41, 5.74) is 2.04. The lowest BCUT2D eigenvalue weighted by Crippen LogP contribution is -2.15. The van der Waals surface area contributed by atoms with Gasteiger partial charge in [-0.25, -0.2) is 4.39 Å². The van der Waals surface area contributed by atoms with Crippen molar-refractivity contribution in [3.63, 3.8) is 0 Å². The maximum absolute atomic E-state index is 13.5. The highest BCUT2D eigenvalue weighted by molar-refractivity contribution is 7.09. The standard InChI is InChI=1S/C16H12FN3OS/c17-14-4-2-1-3-12(14)9-16(21)19-13-7-5-11(6-8-13)15-10-18-20-22-15/h1-8,10H,9H2,(H,19,21). The first-order chi connectivity index (χ1) is 10.7. The van der Waals surface area contributed by atoms with Gasteiger partial charge in [-0.2, -0.15) is 0 Å². The summed E-state index contributed by atoms with van der Waals surface area (Å²) in [6.45, 7) is 0. The molecule has 1 N–H and O–H groups in total. The van der Waals surface area contributed by atoms with Gasteiger partial charge in [0, 0.05) is 5.69 Å². The largest absolute Gasteiger partial charge is 0.326 e. The molecule has 0 aliphatic rings. The molecule has 0 saturated carbocycles. The lowest BCUT2D eigenvalue weighted by Gasteiger charge is -2.06. The van der Waals surface area contributed by atoms with Crippen LogP contribution in [0.1, 0.15) is 5.56 Å². The molecule has 110 valence electrons. The third-order valence-corrected chi connectivity index (χ3v) is 3.84. The monoisotopic (exact) mass is 313 g/mol. The van der Waals surface area contributed by atoms with E-state index in [-0.39, 0.29) is 18.1 Å². The summed E-state index contributed by atoms with van der Waals surface area (Å²) >= 11 is 1.31. The number of rotatable bonds is 4. The van der Waals surface area contributed by atoms with Crippen molar-refractivity contribution in [1.29, 1.82) is 0 Å². The van der Waals surface area contributed by atoms with Gasteiger partial charge in [-0.3, -0.25) is 4.79 Å². The highest BCUT2D eigenvalue weighted by Gasteiger charge is 2.08. The SMILES string of the molecule is O=C(Cc1ccccc1F)Nc1ccc(-c2cnns2)cc1. The average Bonchev–Trinajstić information content (AvgIpc) is 3.05. The number of carbonyl (C=O) groups is 1.